The van der Waals surface area contributed by atoms with E-state index >= 15 is 0 Å². The largest absolute Gasteiger partial charge is 0.494 e. The third-order valence-electron chi connectivity index (χ3n) is 5.00. The van der Waals surface area contributed by atoms with Crippen molar-refractivity contribution in [2.45, 2.75) is 18.7 Å². The molecule has 0 aliphatic heterocycles. The third kappa shape index (κ3) is 5.79. The minimum atomic E-state index is -4.13. The molecule has 0 saturated heterocycles. The fraction of sp³-hybridized carbons (Fsp3) is 0.240. The molecule has 8 nitrogen and oxygen atoms in total. The number of benzene rings is 3. The summed E-state index contributed by atoms with van der Waals surface area (Å²) in [4.78, 5) is 12.8. The number of methoxy groups -OCH3 is 2. The Morgan fingerprint density at radius 1 is 0.912 bits per heavy atom. The number of nitrogens with one attached hydrogen (secondary N) is 1. The van der Waals surface area contributed by atoms with Gasteiger partial charge in [-0.05, 0) is 62.4 Å². The zero-order chi connectivity index (χ0) is 24.7. The van der Waals surface area contributed by atoms with E-state index in [1.807, 2.05) is 26.0 Å². The minimum absolute atomic E-state index is 0.0397. The lowest BCUT2D eigenvalue weighted by Gasteiger charge is -2.24. The minimum Gasteiger partial charge on any atom is -0.494 e. The molecule has 0 fully saturated rings. The molecule has 0 atom stereocenters. The van der Waals surface area contributed by atoms with Crippen LogP contribution >= 0.6 is 0 Å². The lowest BCUT2D eigenvalue weighted by atomic mass is 10.2. The number of aryl methyl sites for hydroxylation is 1. The van der Waals surface area contributed by atoms with Gasteiger partial charge in [0.15, 0.2) is 11.5 Å². The van der Waals surface area contributed by atoms with Crippen molar-refractivity contribution in [1.29, 1.82) is 0 Å². The van der Waals surface area contributed by atoms with Crippen molar-refractivity contribution in [3.63, 3.8) is 0 Å². The van der Waals surface area contributed by atoms with E-state index in [4.69, 9.17) is 14.2 Å². The van der Waals surface area contributed by atoms with Crippen LogP contribution in [0.1, 0.15) is 12.5 Å². The van der Waals surface area contributed by atoms with Gasteiger partial charge in [-0.25, -0.2) is 8.42 Å². The molecule has 3 aromatic carbocycles. The van der Waals surface area contributed by atoms with Crippen molar-refractivity contribution in [2.24, 2.45) is 0 Å². The third-order valence-corrected chi connectivity index (χ3v) is 6.77. The molecule has 0 unspecified atom stereocenters. The SMILES string of the molecule is CCOc1ccc(N(CC(=O)Nc2ccc(C)cc2)S(=O)(=O)c2ccc(OC)c(OC)c2)cc1. The summed E-state index contributed by atoms with van der Waals surface area (Å²) in [5.41, 5.74) is 1.94. The second-order valence-corrected chi connectivity index (χ2v) is 9.23. The summed E-state index contributed by atoms with van der Waals surface area (Å²) in [7, 11) is -1.24. The average molecular weight is 485 g/mol. The van der Waals surface area contributed by atoms with Crippen LogP contribution in [0.5, 0.6) is 17.2 Å². The van der Waals surface area contributed by atoms with Crippen molar-refractivity contribution < 1.29 is 27.4 Å². The Morgan fingerprint density at radius 3 is 2.15 bits per heavy atom. The highest BCUT2D eigenvalue weighted by molar-refractivity contribution is 7.92. The topological polar surface area (TPSA) is 94.2 Å². The summed E-state index contributed by atoms with van der Waals surface area (Å²) in [5.74, 6) is 0.770. The van der Waals surface area contributed by atoms with Crippen LogP contribution in [0.3, 0.4) is 0 Å². The first-order chi connectivity index (χ1) is 16.3. The highest BCUT2D eigenvalue weighted by Gasteiger charge is 2.28. The van der Waals surface area contributed by atoms with Gasteiger partial charge >= 0.3 is 0 Å². The number of carbonyl (C=O) groups excluding carboxylic acids is 1. The Bertz CT molecular complexity index is 1230. The molecule has 0 saturated carbocycles. The number of amides is 1. The first kappa shape index (κ1) is 24.9. The maximum atomic E-state index is 13.7. The first-order valence-electron chi connectivity index (χ1n) is 10.6. The number of nitrogens with zero attached hydrogens (tertiary/aromatic N) is 1. The molecule has 0 aromatic heterocycles. The zero-order valence-corrected chi connectivity index (χ0v) is 20.4. The number of sulfonamides is 1. The Hall–Kier alpha value is -3.72. The molecule has 0 bridgehead atoms. The van der Waals surface area contributed by atoms with Crippen LogP contribution in [0.25, 0.3) is 0 Å². The molecular weight excluding hydrogens is 456 g/mol. The van der Waals surface area contributed by atoms with Gasteiger partial charge in [0.25, 0.3) is 10.0 Å². The molecule has 180 valence electrons. The quantitative estimate of drug-likeness (QED) is 0.463. The van der Waals surface area contributed by atoms with E-state index in [-0.39, 0.29) is 10.6 Å². The predicted molar refractivity (Wildman–Crippen MR) is 131 cm³/mol. The normalized spacial score (nSPS) is 10.9. The van der Waals surface area contributed by atoms with E-state index in [1.54, 1.807) is 36.4 Å². The smallest absolute Gasteiger partial charge is 0.264 e. The van der Waals surface area contributed by atoms with Crippen LogP contribution in [-0.2, 0) is 14.8 Å². The fourth-order valence-electron chi connectivity index (χ4n) is 3.26. The van der Waals surface area contributed by atoms with Gasteiger partial charge in [-0.1, -0.05) is 17.7 Å². The Labute approximate surface area is 200 Å². The molecule has 1 amide bonds. The van der Waals surface area contributed by atoms with E-state index in [0.29, 0.717) is 29.5 Å². The van der Waals surface area contributed by atoms with Gasteiger partial charge in [-0.2, -0.15) is 0 Å². The van der Waals surface area contributed by atoms with Gasteiger partial charge in [0.05, 0.1) is 31.4 Å². The highest BCUT2D eigenvalue weighted by atomic mass is 32.2. The molecule has 0 aliphatic carbocycles. The lowest BCUT2D eigenvalue weighted by molar-refractivity contribution is -0.114. The van der Waals surface area contributed by atoms with Crippen LogP contribution < -0.4 is 23.8 Å². The molecule has 0 heterocycles. The molecule has 0 spiro atoms. The van der Waals surface area contributed by atoms with Crippen LogP contribution in [-0.4, -0.2) is 41.7 Å². The molecule has 3 rings (SSSR count). The number of rotatable bonds is 10. The standard InChI is InChI=1S/C25H28N2O6S/c1-5-33-21-12-10-20(11-13-21)27(17-25(28)26-19-8-6-18(2)7-9-19)34(29,30)22-14-15-23(31-3)24(16-22)32-4/h6-16H,5,17H2,1-4H3,(H,26,28). The summed E-state index contributed by atoms with van der Waals surface area (Å²) in [6.07, 6.45) is 0. The molecule has 0 radical (unpaired) electrons. The van der Waals surface area contributed by atoms with Gasteiger partial charge in [-0.15, -0.1) is 0 Å². The molecule has 9 heteroatoms. The summed E-state index contributed by atoms with van der Waals surface area (Å²) < 4.78 is 44.3. The molecule has 3 aromatic rings. The summed E-state index contributed by atoms with van der Waals surface area (Å²) in [6, 6.07) is 18.1. The van der Waals surface area contributed by atoms with Crippen molar-refractivity contribution >= 4 is 27.3 Å². The number of ether oxygens (including phenoxy) is 3. The highest BCUT2D eigenvalue weighted by Crippen LogP contribution is 2.32. The van der Waals surface area contributed by atoms with E-state index in [1.165, 1.54) is 32.4 Å². The maximum Gasteiger partial charge on any atom is 0.264 e. The van der Waals surface area contributed by atoms with Crippen molar-refractivity contribution in [3.05, 3.63) is 72.3 Å². The maximum absolute atomic E-state index is 13.7. The molecule has 1 N–H and O–H groups in total. The average Bonchev–Trinajstić information content (AvgIpc) is 2.84. The number of carbonyl (C=O) groups is 1. The second kappa shape index (κ2) is 10.9. The first-order valence-corrected chi connectivity index (χ1v) is 12.1. The Kier molecular flexibility index (Phi) is 8.01. The monoisotopic (exact) mass is 484 g/mol. The zero-order valence-electron chi connectivity index (χ0n) is 19.6. The Balaban J connectivity index is 1.98. The van der Waals surface area contributed by atoms with E-state index in [0.717, 1.165) is 9.87 Å². The molecular formula is C25H28N2O6S. The van der Waals surface area contributed by atoms with Crippen molar-refractivity contribution in [3.8, 4) is 17.2 Å². The van der Waals surface area contributed by atoms with Crippen molar-refractivity contribution in [2.75, 3.05) is 37.0 Å². The van der Waals surface area contributed by atoms with E-state index in [2.05, 4.69) is 5.32 Å². The second-order valence-electron chi connectivity index (χ2n) is 7.37. The Morgan fingerprint density at radius 2 is 1.56 bits per heavy atom. The van der Waals surface area contributed by atoms with E-state index < -0.39 is 22.5 Å². The van der Waals surface area contributed by atoms with Crippen molar-refractivity contribution in [1.82, 2.24) is 0 Å². The van der Waals surface area contributed by atoms with Crippen LogP contribution in [0.4, 0.5) is 11.4 Å². The fourth-order valence-corrected chi connectivity index (χ4v) is 4.70. The summed E-state index contributed by atoms with van der Waals surface area (Å²) in [5, 5.41) is 2.75. The van der Waals surface area contributed by atoms with Gasteiger partial charge in [-0.3, -0.25) is 9.10 Å². The molecule has 0 aliphatic rings. The number of anilines is 2. The lowest BCUT2D eigenvalue weighted by Crippen LogP contribution is -2.38. The van der Waals surface area contributed by atoms with Gasteiger partial charge in [0.1, 0.15) is 12.3 Å². The van der Waals surface area contributed by atoms with Gasteiger partial charge in [0, 0.05) is 11.8 Å². The van der Waals surface area contributed by atoms with Crippen LogP contribution in [0.2, 0.25) is 0 Å². The summed E-state index contributed by atoms with van der Waals surface area (Å²) >= 11 is 0. The van der Waals surface area contributed by atoms with Gasteiger partial charge in [0.2, 0.25) is 5.91 Å². The van der Waals surface area contributed by atoms with E-state index in [9.17, 15) is 13.2 Å². The van der Waals surface area contributed by atoms with Crippen LogP contribution in [0.15, 0.2) is 71.6 Å². The predicted octanol–water partition coefficient (Wildman–Crippen LogP) is 4.24. The molecule has 34 heavy (non-hydrogen) atoms. The summed E-state index contributed by atoms with van der Waals surface area (Å²) in [6.45, 7) is 3.84. The number of hydrogen-bond donors (Lipinski definition) is 1. The number of hydrogen-bond acceptors (Lipinski definition) is 6. The van der Waals surface area contributed by atoms with Crippen LogP contribution in [0, 0.1) is 6.92 Å². The van der Waals surface area contributed by atoms with Gasteiger partial charge < -0.3 is 19.5 Å².